The van der Waals surface area contributed by atoms with Crippen LogP contribution in [0.5, 0.6) is 0 Å². The van der Waals surface area contributed by atoms with Gasteiger partial charge in [0, 0.05) is 30.1 Å². The van der Waals surface area contributed by atoms with E-state index in [1.807, 2.05) is 0 Å². The Balaban J connectivity index is 1.41. The second-order valence-electron chi connectivity index (χ2n) is 6.05. The van der Waals surface area contributed by atoms with Crippen LogP contribution in [0, 0.1) is 0 Å². The first-order valence-electron chi connectivity index (χ1n) is 7.50. The van der Waals surface area contributed by atoms with Crippen LogP contribution in [0.15, 0.2) is 28.7 Å². The van der Waals surface area contributed by atoms with Crippen LogP contribution in [0.25, 0.3) is 0 Å². The Hall–Kier alpha value is -0.420. The van der Waals surface area contributed by atoms with E-state index in [-0.39, 0.29) is 0 Å². The predicted octanol–water partition coefficient (Wildman–Crippen LogP) is 2.62. The van der Waals surface area contributed by atoms with E-state index in [4.69, 9.17) is 4.74 Å². The summed E-state index contributed by atoms with van der Waals surface area (Å²) in [7, 11) is 2.17. The number of halogens is 1. The van der Waals surface area contributed by atoms with Crippen LogP contribution in [-0.4, -0.2) is 50.3 Å². The predicted molar refractivity (Wildman–Crippen MR) is 85.1 cm³/mol. The molecule has 0 amide bonds. The normalized spacial score (nSPS) is 31.0. The summed E-state index contributed by atoms with van der Waals surface area (Å²) in [4.78, 5) is 2.35. The smallest absolute Gasteiger partial charge is 0.0826 e. The summed E-state index contributed by atoms with van der Waals surface area (Å²) in [5.41, 5.74) is 1.46. The van der Waals surface area contributed by atoms with Crippen LogP contribution in [0.2, 0.25) is 0 Å². The van der Waals surface area contributed by atoms with Crippen molar-refractivity contribution in [3.8, 4) is 0 Å². The van der Waals surface area contributed by atoms with Gasteiger partial charge >= 0.3 is 0 Å². The van der Waals surface area contributed by atoms with Crippen molar-refractivity contribution in [1.82, 2.24) is 10.2 Å². The molecule has 1 aliphatic heterocycles. The molecular weight excluding hydrogens is 316 g/mol. The molecule has 20 heavy (non-hydrogen) atoms. The highest BCUT2D eigenvalue weighted by Crippen LogP contribution is 2.39. The topological polar surface area (TPSA) is 24.5 Å². The third-order valence-electron chi connectivity index (χ3n) is 4.46. The van der Waals surface area contributed by atoms with Crippen molar-refractivity contribution in [2.24, 2.45) is 0 Å². The van der Waals surface area contributed by atoms with Crippen molar-refractivity contribution < 1.29 is 4.74 Å². The van der Waals surface area contributed by atoms with E-state index in [1.54, 1.807) is 0 Å². The Morgan fingerprint density at radius 3 is 2.90 bits per heavy atom. The van der Waals surface area contributed by atoms with Crippen LogP contribution >= 0.6 is 15.9 Å². The number of likely N-dealkylation sites (N-methyl/N-ethyl adjacent to an activating group) is 1. The summed E-state index contributed by atoms with van der Waals surface area (Å²) in [5, 5.41) is 3.66. The molecule has 0 bridgehead atoms. The molecular formula is C16H23BrN2O. The lowest BCUT2D eigenvalue weighted by molar-refractivity contribution is -0.0207. The number of rotatable bonds is 4. The van der Waals surface area contributed by atoms with Crippen LogP contribution < -0.4 is 5.32 Å². The SMILES string of the molecule is CN1CCOC(CNC2CC(c3ccccc3Br)C2)C1. The minimum atomic E-state index is 0.358. The zero-order valence-corrected chi connectivity index (χ0v) is 13.6. The van der Waals surface area contributed by atoms with E-state index in [0.29, 0.717) is 18.1 Å². The first kappa shape index (κ1) is 14.5. The fourth-order valence-corrected chi connectivity index (χ4v) is 3.74. The third kappa shape index (κ3) is 3.42. The maximum Gasteiger partial charge on any atom is 0.0826 e. The highest BCUT2D eigenvalue weighted by atomic mass is 79.9. The van der Waals surface area contributed by atoms with Gasteiger partial charge < -0.3 is 15.0 Å². The Kier molecular flexibility index (Phi) is 4.76. The van der Waals surface area contributed by atoms with Crippen molar-refractivity contribution in [2.75, 3.05) is 33.3 Å². The van der Waals surface area contributed by atoms with Crippen LogP contribution in [-0.2, 0) is 4.74 Å². The number of benzene rings is 1. The van der Waals surface area contributed by atoms with E-state index in [0.717, 1.165) is 26.2 Å². The van der Waals surface area contributed by atoms with E-state index in [2.05, 4.69) is 57.5 Å². The molecule has 1 aromatic carbocycles. The lowest BCUT2D eigenvalue weighted by atomic mass is 9.76. The first-order chi connectivity index (χ1) is 9.72. The van der Waals surface area contributed by atoms with E-state index in [1.165, 1.54) is 22.9 Å². The molecule has 1 aromatic rings. The molecule has 3 nitrogen and oxygen atoms in total. The fourth-order valence-electron chi connectivity index (χ4n) is 3.13. The van der Waals surface area contributed by atoms with Gasteiger partial charge in [-0.2, -0.15) is 0 Å². The standard InChI is InChI=1S/C16H23BrN2O/c1-19-6-7-20-14(11-19)10-18-13-8-12(9-13)15-4-2-3-5-16(15)17/h2-5,12-14,18H,6-11H2,1H3. The molecule has 1 N–H and O–H groups in total. The van der Waals surface area contributed by atoms with Gasteiger partial charge in [-0.3, -0.25) is 0 Å². The van der Waals surface area contributed by atoms with E-state index >= 15 is 0 Å². The average molecular weight is 339 g/mol. The van der Waals surface area contributed by atoms with Gasteiger partial charge in [-0.05, 0) is 37.4 Å². The Bertz CT molecular complexity index is 448. The molecule has 1 aliphatic carbocycles. The summed E-state index contributed by atoms with van der Waals surface area (Å²) < 4.78 is 7.04. The van der Waals surface area contributed by atoms with Crippen molar-refractivity contribution in [3.63, 3.8) is 0 Å². The van der Waals surface area contributed by atoms with E-state index < -0.39 is 0 Å². The van der Waals surface area contributed by atoms with Crippen molar-refractivity contribution >= 4 is 15.9 Å². The van der Waals surface area contributed by atoms with Gasteiger partial charge in [0.2, 0.25) is 0 Å². The number of ether oxygens (including phenoxy) is 1. The van der Waals surface area contributed by atoms with Gasteiger partial charge in [-0.25, -0.2) is 0 Å². The molecule has 0 aromatic heterocycles. The second-order valence-corrected chi connectivity index (χ2v) is 6.90. The van der Waals surface area contributed by atoms with Gasteiger partial charge in [0.25, 0.3) is 0 Å². The quantitative estimate of drug-likeness (QED) is 0.913. The summed E-state index contributed by atoms with van der Waals surface area (Å²) in [6, 6.07) is 9.25. The maximum absolute atomic E-state index is 5.79. The Morgan fingerprint density at radius 2 is 2.15 bits per heavy atom. The molecule has 4 heteroatoms. The molecule has 1 saturated heterocycles. The molecule has 110 valence electrons. The van der Waals surface area contributed by atoms with Crippen LogP contribution in [0.3, 0.4) is 0 Å². The Labute approximate surface area is 129 Å². The number of hydrogen-bond acceptors (Lipinski definition) is 3. The van der Waals surface area contributed by atoms with Crippen molar-refractivity contribution in [3.05, 3.63) is 34.3 Å². The van der Waals surface area contributed by atoms with Gasteiger partial charge in [0.1, 0.15) is 0 Å². The molecule has 0 spiro atoms. The second kappa shape index (κ2) is 6.56. The van der Waals surface area contributed by atoms with Gasteiger partial charge in [0.05, 0.1) is 12.7 Å². The summed E-state index contributed by atoms with van der Waals surface area (Å²) >= 11 is 3.65. The maximum atomic E-state index is 5.79. The molecule has 0 radical (unpaired) electrons. The summed E-state index contributed by atoms with van der Waals surface area (Å²) in [5.74, 6) is 0.707. The highest BCUT2D eigenvalue weighted by Gasteiger charge is 2.31. The van der Waals surface area contributed by atoms with Gasteiger partial charge in [-0.1, -0.05) is 34.1 Å². The van der Waals surface area contributed by atoms with Crippen molar-refractivity contribution in [1.29, 1.82) is 0 Å². The summed E-state index contributed by atoms with van der Waals surface area (Å²) in [6.45, 7) is 3.96. The first-order valence-corrected chi connectivity index (χ1v) is 8.29. The molecule has 3 rings (SSSR count). The third-order valence-corrected chi connectivity index (χ3v) is 5.18. The highest BCUT2D eigenvalue weighted by molar-refractivity contribution is 9.10. The van der Waals surface area contributed by atoms with Gasteiger partial charge in [0.15, 0.2) is 0 Å². The molecule has 1 heterocycles. The van der Waals surface area contributed by atoms with Crippen LogP contribution in [0.1, 0.15) is 24.3 Å². The van der Waals surface area contributed by atoms with Gasteiger partial charge in [-0.15, -0.1) is 0 Å². The minimum Gasteiger partial charge on any atom is -0.374 e. The zero-order chi connectivity index (χ0) is 13.9. The van der Waals surface area contributed by atoms with E-state index in [9.17, 15) is 0 Å². The van der Waals surface area contributed by atoms with Crippen molar-refractivity contribution in [2.45, 2.75) is 30.9 Å². The molecule has 1 saturated carbocycles. The lowest BCUT2D eigenvalue weighted by Crippen LogP contribution is -2.49. The largest absolute Gasteiger partial charge is 0.374 e. The monoisotopic (exact) mass is 338 g/mol. The lowest BCUT2D eigenvalue weighted by Gasteiger charge is -2.38. The number of nitrogens with one attached hydrogen (secondary N) is 1. The zero-order valence-electron chi connectivity index (χ0n) is 12.0. The number of hydrogen-bond donors (Lipinski definition) is 1. The number of morpholine rings is 1. The van der Waals surface area contributed by atoms with Crippen LogP contribution in [0.4, 0.5) is 0 Å². The Morgan fingerprint density at radius 1 is 1.35 bits per heavy atom. The molecule has 2 aliphatic rings. The molecule has 1 atom stereocenters. The fraction of sp³-hybridized carbons (Fsp3) is 0.625. The minimum absolute atomic E-state index is 0.358. The summed E-state index contributed by atoms with van der Waals surface area (Å²) in [6.07, 6.45) is 2.84. The molecule has 1 unspecified atom stereocenters. The average Bonchev–Trinajstić information content (AvgIpc) is 2.39. The number of nitrogens with zero attached hydrogens (tertiary/aromatic N) is 1. The molecule has 2 fully saturated rings.